The van der Waals surface area contributed by atoms with Crippen LogP contribution in [0.3, 0.4) is 0 Å². The maximum Gasteiger partial charge on any atom is 0.274 e. The number of rotatable bonds is 3. The number of aromatic nitrogens is 2. The van der Waals surface area contributed by atoms with E-state index in [4.69, 9.17) is 0 Å². The molecule has 0 bridgehead atoms. The third-order valence-corrected chi connectivity index (χ3v) is 4.68. The fourth-order valence-electron chi connectivity index (χ4n) is 2.17. The summed E-state index contributed by atoms with van der Waals surface area (Å²) in [5.74, 6) is -0.287. The molecule has 116 valence electrons. The van der Waals surface area contributed by atoms with Crippen LogP contribution in [0.2, 0.25) is 0 Å². The van der Waals surface area contributed by atoms with Gasteiger partial charge in [0, 0.05) is 38.8 Å². The van der Waals surface area contributed by atoms with Gasteiger partial charge in [-0.05, 0) is 13.0 Å². The lowest BCUT2D eigenvalue weighted by molar-refractivity contribution is 0.0689. The maximum atomic E-state index is 12.3. The van der Waals surface area contributed by atoms with Gasteiger partial charge >= 0.3 is 0 Å². The van der Waals surface area contributed by atoms with Gasteiger partial charge in [-0.3, -0.25) is 9.59 Å². The lowest BCUT2D eigenvalue weighted by atomic mass is 10.3. The molecule has 0 N–H and O–H groups in total. The predicted octanol–water partition coefficient (Wildman–Crippen LogP) is -1.02. The second kappa shape index (κ2) is 5.94. The molecule has 1 aromatic rings. The lowest BCUT2D eigenvalue weighted by Gasteiger charge is -2.33. The van der Waals surface area contributed by atoms with Crippen LogP contribution in [0, 0.1) is 0 Å². The SMILES string of the molecule is CCn1nc(C(=O)N2CCN(S(C)(=O)=O)CC2)ccc1=O. The number of hydrogen-bond acceptors (Lipinski definition) is 5. The van der Waals surface area contributed by atoms with Gasteiger partial charge in [0.2, 0.25) is 10.0 Å². The van der Waals surface area contributed by atoms with Crippen molar-refractivity contribution in [3.63, 3.8) is 0 Å². The van der Waals surface area contributed by atoms with Crippen LogP contribution < -0.4 is 5.56 Å². The average molecular weight is 314 g/mol. The molecule has 0 spiro atoms. The zero-order valence-electron chi connectivity index (χ0n) is 12.0. The standard InChI is InChI=1S/C12H18N4O4S/c1-3-16-11(17)5-4-10(13-16)12(18)14-6-8-15(9-7-14)21(2,19)20/h4-5H,3,6-9H2,1-2H3. The van der Waals surface area contributed by atoms with Crippen LogP contribution in [-0.4, -0.2) is 65.7 Å². The van der Waals surface area contributed by atoms with Crippen LogP contribution in [0.5, 0.6) is 0 Å². The number of hydrogen-bond donors (Lipinski definition) is 0. The Labute approximate surface area is 123 Å². The number of aryl methyl sites for hydroxylation is 1. The third kappa shape index (κ3) is 3.48. The zero-order chi connectivity index (χ0) is 15.6. The summed E-state index contributed by atoms with van der Waals surface area (Å²) < 4.78 is 25.4. The Morgan fingerprint density at radius 1 is 1.24 bits per heavy atom. The van der Waals surface area contributed by atoms with Crippen molar-refractivity contribution in [2.45, 2.75) is 13.5 Å². The van der Waals surface area contributed by atoms with Crippen LogP contribution in [0.15, 0.2) is 16.9 Å². The van der Waals surface area contributed by atoms with Gasteiger partial charge in [0.25, 0.3) is 11.5 Å². The van der Waals surface area contributed by atoms with E-state index < -0.39 is 10.0 Å². The van der Waals surface area contributed by atoms with Crippen LogP contribution >= 0.6 is 0 Å². The highest BCUT2D eigenvalue weighted by Crippen LogP contribution is 2.08. The molecule has 21 heavy (non-hydrogen) atoms. The van der Waals surface area contributed by atoms with E-state index in [0.29, 0.717) is 19.6 Å². The van der Waals surface area contributed by atoms with Crippen molar-refractivity contribution in [2.24, 2.45) is 0 Å². The molecule has 0 aromatic carbocycles. The highest BCUT2D eigenvalue weighted by molar-refractivity contribution is 7.88. The van der Waals surface area contributed by atoms with Crippen molar-refractivity contribution in [2.75, 3.05) is 32.4 Å². The van der Waals surface area contributed by atoms with Crippen molar-refractivity contribution in [3.05, 3.63) is 28.2 Å². The van der Waals surface area contributed by atoms with E-state index in [-0.39, 0.29) is 30.2 Å². The Morgan fingerprint density at radius 3 is 2.38 bits per heavy atom. The summed E-state index contributed by atoms with van der Waals surface area (Å²) in [7, 11) is -3.22. The first-order valence-electron chi connectivity index (χ1n) is 6.65. The van der Waals surface area contributed by atoms with Gasteiger partial charge in [-0.2, -0.15) is 9.40 Å². The molecule has 1 fully saturated rings. The molecular weight excluding hydrogens is 296 g/mol. The van der Waals surface area contributed by atoms with E-state index >= 15 is 0 Å². The van der Waals surface area contributed by atoms with Gasteiger partial charge in [0.05, 0.1) is 6.26 Å². The van der Waals surface area contributed by atoms with Gasteiger partial charge in [-0.15, -0.1) is 0 Å². The topological polar surface area (TPSA) is 92.6 Å². The van der Waals surface area contributed by atoms with Gasteiger partial charge in [0.15, 0.2) is 0 Å². The van der Waals surface area contributed by atoms with Crippen LogP contribution in [0.25, 0.3) is 0 Å². The summed E-state index contributed by atoms with van der Waals surface area (Å²) in [5, 5.41) is 4.01. The molecule has 0 saturated carbocycles. The second-order valence-electron chi connectivity index (χ2n) is 4.83. The summed E-state index contributed by atoms with van der Waals surface area (Å²) in [6.45, 7) is 3.35. The van der Waals surface area contributed by atoms with Gasteiger partial charge in [0.1, 0.15) is 5.69 Å². The molecule has 2 rings (SSSR count). The van der Waals surface area contributed by atoms with Crippen molar-refractivity contribution < 1.29 is 13.2 Å². The second-order valence-corrected chi connectivity index (χ2v) is 6.81. The average Bonchev–Trinajstić information content (AvgIpc) is 2.46. The van der Waals surface area contributed by atoms with Gasteiger partial charge in [-0.25, -0.2) is 13.1 Å². The maximum absolute atomic E-state index is 12.3. The van der Waals surface area contributed by atoms with Crippen molar-refractivity contribution in [1.29, 1.82) is 0 Å². The van der Waals surface area contributed by atoms with E-state index in [1.807, 2.05) is 0 Å². The minimum Gasteiger partial charge on any atom is -0.335 e. The Balaban J connectivity index is 2.10. The number of piperazine rings is 1. The molecule has 1 aromatic heterocycles. The first-order valence-corrected chi connectivity index (χ1v) is 8.50. The number of amides is 1. The molecule has 9 heteroatoms. The molecule has 1 saturated heterocycles. The molecular formula is C12H18N4O4S. The van der Waals surface area contributed by atoms with Crippen LogP contribution in [-0.2, 0) is 16.6 Å². The number of nitrogens with zero attached hydrogens (tertiary/aromatic N) is 4. The molecule has 1 aliphatic heterocycles. The summed E-state index contributed by atoms with van der Waals surface area (Å²) in [5.41, 5.74) is -0.0554. The van der Waals surface area contributed by atoms with E-state index in [2.05, 4.69) is 5.10 Å². The summed E-state index contributed by atoms with van der Waals surface area (Å²) >= 11 is 0. The molecule has 1 aliphatic rings. The Kier molecular flexibility index (Phi) is 4.43. The van der Waals surface area contributed by atoms with Gasteiger partial charge < -0.3 is 4.90 Å². The Morgan fingerprint density at radius 2 is 1.86 bits per heavy atom. The minimum absolute atomic E-state index is 0.198. The van der Waals surface area contributed by atoms with E-state index in [9.17, 15) is 18.0 Å². The summed E-state index contributed by atoms with van der Waals surface area (Å²) in [6, 6.07) is 2.72. The minimum atomic E-state index is -3.22. The number of carbonyl (C=O) groups excluding carboxylic acids is 1. The fraction of sp³-hybridized carbons (Fsp3) is 0.583. The smallest absolute Gasteiger partial charge is 0.274 e. The molecule has 2 heterocycles. The normalized spacial score (nSPS) is 17.0. The third-order valence-electron chi connectivity index (χ3n) is 3.38. The molecule has 0 aliphatic carbocycles. The van der Waals surface area contributed by atoms with Crippen LogP contribution in [0.1, 0.15) is 17.4 Å². The predicted molar refractivity (Wildman–Crippen MR) is 76.5 cm³/mol. The molecule has 0 atom stereocenters. The Bertz CT molecular complexity index is 689. The molecule has 8 nitrogen and oxygen atoms in total. The summed E-state index contributed by atoms with van der Waals surface area (Å²) in [4.78, 5) is 25.3. The van der Waals surface area contributed by atoms with Gasteiger partial charge in [-0.1, -0.05) is 0 Å². The molecule has 0 radical (unpaired) electrons. The molecule has 0 unspecified atom stereocenters. The number of sulfonamides is 1. The largest absolute Gasteiger partial charge is 0.335 e. The monoisotopic (exact) mass is 314 g/mol. The molecule has 1 amide bonds. The van der Waals surface area contributed by atoms with E-state index in [0.717, 1.165) is 6.26 Å². The summed E-state index contributed by atoms with van der Waals surface area (Å²) in [6.07, 6.45) is 1.16. The Hall–Kier alpha value is -1.74. The van der Waals surface area contributed by atoms with Crippen molar-refractivity contribution in [1.82, 2.24) is 19.0 Å². The highest BCUT2D eigenvalue weighted by atomic mass is 32.2. The first kappa shape index (κ1) is 15.6. The van der Waals surface area contributed by atoms with Crippen LogP contribution in [0.4, 0.5) is 0 Å². The van der Waals surface area contributed by atoms with E-state index in [1.54, 1.807) is 11.8 Å². The van der Waals surface area contributed by atoms with Crippen molar-refractivity contribution in [3.8, 4) is 0 Å². The highest BCUT2D eigenvalue weighted by Gasteiger charge is 2.27. The quantitative estimate of drug-likeness (QED) is 0.712. The number of carbonyl (C=O) groups is 1. The van der Waals surface area contributed by atoms with E-state index in [1.165, 1.54) is 21.1 Å². The fourth-order valence-corrected chi connectivity index (χ4v) is 3.00. The lowest BCUT2D eigenvalue weighted by Crippen LogP contribution is -2.50. The first-order chi connectivity index (χ1) is 9.82. The van der Waals surface area contributed by atoms with Crippen molar-refractivity contribution >= 4 is 15.9 Å². The zero-order valence-corrected chi connectivity index (χ0v) is 12.8.